The van der Waals surface area contributed by atoms with Crippen LogP contribution in [0.5, 0.6) is 0 Å². The predicted molar refractivity (Wildman–Crippen MR) is 67.8 cm³/mol. The summed E-state index contributed by atoms with van der Waals surface area (Å²) in [6, 6.07) is 0. The fraction of sp³-hybridized carbons (Fsp3) is 0.667. The van der Waals surface area contributed by atoms with Crippen molar-refractivity contribution in [1.82, 2.24) is 0 Å². The van der Waals surface area contributed by atoms with E-state index in [-0.39, 0.29) is 30.0 Å². The zero-order chi connectivity index (χ0) is 12.9. The second-order valence-corrected chi connectivity index (χ2v) is 6.03. The van der Waals surface area contributed by atoms with Gasteiger partial charge in [-0.2, -0.15) is 0 Å². The number of ether oxygens (including phenoxy) is 1. The lowest BCUT2D eigenvalue weighted by atomic mass is 9.60. The summed E-state index contributed by atoms with van der Waals surface area (Å²) in [6.45, 7) is 6.21. The highest BCUT2D eigenvalue weighted by Crippen LogP contribution is 2.54. The molecule has 0 aromatic carbocycles. The van der Waals surface area contributed by atoms with E-state index in [1.165, 1.54) is 11.1 Å². The van der Waals surface area contributed by atoms with Crippen LogP contribution in [0.3, 0.4) is 0 Å². The minimum atomic E-state index is -0.241. The second-order valence-electron chi connectivity index (χ2n) is 6.03. The van der Waals surface area contributed by atoms with Crippen LogP contribution in [-0.2, 0) is 9.53 Å². The molecule has 1 aliphatic heterocycles. The maximum absolute atomic E-state index is 11.6. The summed E-state index contributed by atoms with van der Waals surface area (Å²) in [6.07, 6.45) is 4.82. The number of esters is 1. The minimum absolute atomic E-state index is 0.0631. The molecule has 2 aliphatic carbocycles. The van der Waals surface area contributed by atoms with Gasteiger partial charge in [-0.05, 0) is 39.0 Å². The number of rotatable bonds is 1. The van der Waals surface area contributed by atoms with Crippen molar-refractivity contribution in [2.24, 2.45) is 11.3 Å². The van der Waals surface area contributed by atoms with Gasteiger partial charge in [0.15, 0.2) is 0 Å². The van der Waals surface area contributed by atoms with Gasteiger partial charge in [0.25, 0.3) is 0 Å². The Kier molecular flexibility index (Phi) is 2.63. The molecule has 0 bridgehead atoms. The highest BCUT2D eigenvalue weighted by molar-refractivity contribution is 5.91. The van der Waals surface area contributed by atoms with Gasteiger partial charge in [-0.15, -0.1) is 0 Å². The Hall–Kier alpha value is -1.09. The van der Waals surface area contributed by atoms with Crippen LogP contribution in [-0.4, -0.2) is 23.8 Å². The van der Waals surface area contributed by atoms with E-state index in [1.54, 1.807) is 0 Å². The molecule has 3 nitrogen and oxygen atoms in total. The van der Waals surface area contributed by atoms with Gasteiger partial charge >= 0.3 is 5.97 Å². The summed E-state index contributed by atoms with van der Waals surface area (Å²) in [7, 11) is 0. The molecule has 0 spiro atoms. The number of hydrogen-bond donors (Lipinski definition) is 1. The maximum Gasteiger partial charge on any atom is 0.334 e. The summed E-state index contributed by atoms with van der Waals surface area (Å²) in [5.74, 6) is -0.102. The van der Waals surface area contributed by atoms with Crippen molar-refractivity contribution in [3.63, 3.8) is 0 Å². The van der Waals surface area contributed by atoms with Crippen molar-refractivity contribution >= 4 is 5.97 Å². The van der Waals surface area contributed by atoms with E-state index in [1.807, 2.05) is 0 Å². The van der Waals surface area contributed by atoms with E-state index in [4.69, 9.17) is 4.74 Å². The van der Waals surface area contributed by atoms with Gasteiger partial charge in [0.05, 0.1) is 6.61 Å². The molecule has 1 saturated carbocycles. The van der Waals surface area contributed by atoms with Crippen molar-refractivity contribution < 1.29 is 14.6 Å². The molecule has 3 atom stereocenters. The summed E-state index contributed by atoms with van der Waals surface area (Å²) >= 11 is 0. The van der Waals surface area contributed by atoms with Gasteiger partial charge in [0.2, 0.25) is 0 Å². The van der Waals surface area contributed by atoms with E-state index in [0.29, 0.717) is 5.57 Å². The fourth-order valence-corrected chi connectivity index (χ4v) is 4.02. The maximum atomic E-state index is 11.6. The van der Waals surface area contributed by atoms with Crippen LogP contribution in [0.2, 0.25) is 0 Å². The van der Waals surface area contributed by atoms with Gasteiger partial charge in [-0.25, -0.2) is 4.79 Å². The van der Waals surface area contributed by atoms with E-state index in [9.17, 15) is 9.90 Å². The first kappa shape index (κ1) is 12.0. The molecule has 2 fully saturated rings. The van der Waals surface area contributed by atoms with Crippen LogP contribution < -0.4 is 0 Å². The van der Waals surface area contributed by atoms with Crippen LogP contribution in [0, 0.1) is 11.3 Å². The molecule has 0 aromatic heterocycles. The number of aliphatic hydroxyl groups is 1. The molecule has 18 heavy (non-hydrogen) atoms. The Morgan fingerprint density at radius 3 is 3.06 bits per heavy atom. The monoisotopic (exact) mass is 248 g/mol. The number of aliphatic hydroxyl groups excluding tert-OH is 1. The average molecular weight is 248 g/mol. The zero-order valence-electron chi connectivity index (χ0n) is 10.9. The number of allylic oxidation sites excluding steroid dienone is 1. The number of hydrogen-bond acceptors (Lipinski definition) is 3. The molecule has 1 saturated heterocycles. The standard InChI is InChI=1S/C15H20O3/c1-9-4-3-5-15(8-16)7-13-11(6-12(9)15)10(2)14(17)18-13/h11,13,16H,2-8H2,1H3/t11-,13-,15-/m1/s1. The highest BCUT2D eigenvalue weighted by Gasteiger charge is 2.51. The third kappa shape index (κ3) is 1.50. The third-order valence-electron chi connectivity index (χ3n) is 5.10. The molecule has 3 heteroatoms. The molecule has 3 aliphatic rings. The van der Waals surface area contributed by atoms with Crippen molar-refractivity contribution in [1.29, 1.82) is 0 Å². The smallest absolute Gasteiger partial charge is 0.334 e. The summed E-state index contributed by atoms with van der Waals surface area (Å²) in [5, 5.41) is 9.85. The topological polar surface area (TPSA) is 46.5 Å². The zero-order valence-corrected chi connectivity index (χ0v) is 10.9. The van der Waals surface area contributed by atoms with Crippen molar-refractivity contribution in [2.75, 3.05) is 6.61 Å². The largest absolute Gasteiger partial charge is 0.458 e. The normalized spacial score (nSPS) is 39.4. The van der Waals surface area contributed by atoms with E-state index < -0.39 is 0 Å². The molecule has 0 radical (unpaired) electrons. The molecular formula is C15H20O3. The van der Waals surface area contributed by atoms with Crippen LogP contribution in [0.25, 0.3) is 0 Å². The van der Waals surface area contributed by atoms with Crippen LogP contribution in [0.15, 0.2) is 23.3 Å². The van der Waals surface area contributed by atoms with Crippen molar-refractivity contribution in [2.45, 2.75) is 45.1 Å². The minimum Gasteiger partial charge on any atom is -0.458 e. The first-order valence-electron chi connectivity index (χ1n) is 6.77. The lowest BCUT2D eigenvalue weighted by molar-refractivity contribution is -0.141. The first-order valence-corrected chi connectivity index (χ1v) is 6.77. The summed E-state index contributed by atoms with van der Waals surface area (Å²) in [5.41, 5.74) is 3.27. The molecule has 98 valence electrons. The lowest BCUT2D eigenvalue weighted by Gasteiger charge is -2.46. The van der Waals surface area contributed by atoms with Gasteiger partial charge in [0.1, 0.15) is 6.10 Å². The van der Waals surface area contributed by atoms with Crippen molar-refractivity contribution in [3.05, 3.63) is 23.3 Å². The van der Waals surface area contributed by atoms with Crippen LogP contribution in [0.4, 0.5) is 0 Å². The number of carbonyl (C=O) groups excluding carboxylic acids is 1. The molecule has 0 unspecified atom stereocenters. The van der Waals surface area contributed by atoms with Gasteiger partial charge < -0.3 is 9.84 Å². The first-order chi connectivity index (χ1) is 8.57. The third-order valence-corrected chi connectivity index (χ3v) is 5.10. The Bertz CT molecular complexity index is 449. The Morgan fingerprint density at radius 1 is 1.56 bits per heavy atom. The van der Waals surface area contributed by atoms with Crippen LogP contribution in [0.1, 0.15) is 39.0 Å². The Balaban J connectivity index is 2.00. The summed E-state index contributed by atoms with van der Waals surface area (Å²) < 4.78 is 5.42. The van der Waals surface area contributed by atoms with Crippen LogP contribution >= 0.6 is 0 Å². The quantitative estimate of drug-likeness (QED) is 0.440. The van der Waals surface area contributed by atoms with E-state index in [2.05, 4.69) is 13.5 Å². The Labute approximate surface area is 108 Å². The van der Waals surface area contributed by atoms with Gasteiger partial charge in [-0.3, -0.25) is 0 Å². The molecule has 1 N–H and O–H groups in total. The molecule has 0 amide bonds. The Morgan fingerprint density at radius 2 is 2.33 bits per heavy atom. The number of fused-ring (bicyclic) bond motifs is 2. The highest BCUT2D eigenvalue weighted by atomic mass is 16.6. The lowest BCUT2D eigenvalue weighted by Crippen LogP contribution is -2.42. The number of carbonyl (C=O) groups is 1. The molecule has 3 rings (SSSR count). The van der Waals surface area contributed by atoms with Gasteiger partial charge in [-0.1, -0.05) is 17.7 Å². The fourth-order valence-electron chi connectivity index (χ4n) is 4.02. The van der Waals surface area contributed by atoms with E-state index >= 15 is 0 Å². The van der Waals surface area contributed by atoms with Crippen molar-refractivity contribution in [3.8, 4) is 0 Å². The SMILES string of the molecule is C=C1C(=O)O[C@@H]2C[C@@]3(CO)CCCC(C)=C3C[C@H]12. The molecule has 0 aromatic rings. The van der Waals surface area contributed by atoms with E-state index in [0.717, 1.165) is 32.1 Å². The second kappa shape index (κ2) is 3.95. The molecular weight excluding hydrogens is 228 g/mol. The average Bonchev–Trinajstić information content (AvgIpc) is 2.63. The predicted octanol–water partition coefficient (Wildman–Crippen LogP) is 2.36. The summed E-state index contributed by atoms with van der Waals surface area (Å²) in [4.78, 5) is 11.6. The van der Waals surface area contributed by atoms with Gasteiger partial charge in [0, 0.05) is 16.9 Å². The molecule has 1 heterocycles.